The fraction of sp³-hybridized carbons (Fsp3) is 0.318. The first-order chi connectivity index (χ1) is 13.6. The number of carboxylic acids is 1. The Morgan fingerprint density at radius 2 is 1.86 bits per heavy atom. The average Bonchev–Trinajstić information content (AvgIpc) is 3.03. The highest BCUT2D eigenvalue weighted by atomic mass is 16.6. The van der Waals surface area contributed by atoms with Crippen molar-refractivity contribution in [3.8, 4) is 11.3 Å². The first-order valence-corrected chi connectivity index (χ1v) is 9.30. The van der Waals surface area contributed by atoms with Crippen molar-refractivity contribution in [3.63, 3.8) is 0 Å². The predicted molar refractivity (Wildman–Crippen MR) is 109 cm³/mol. The molecule has 0 saturated carbocycles. The number of amides is 1. The monoisotopic (exact) mass is 396 g/mol. The summed E-state index contributed by atoms with van der Waals surface area (Å²) < 4.78 is 10.7. The summed E-state index contributed by atoms with van der Waals surface area (Å²) in [5.41, 5.74) is 2.72. The Hall–Kier alpha value is -3.35. The van der Waals surface area contributed by atoms with Crippen LogP contribution in [0.5, 0.6) is 0 Å². The minimum atomic E-state index is -1.14. The highest BCUT2D eigenvalue weighted by Crippen LogP contribution is 2.29. The number of benzene rings is 2. The number of rotatable bonds is 5. The lowest BCUT2D eigenvalue weighted by Crippen LogP contribution is -2.44. The number of carbonyl (C=O) groups excluding carboxylic acids is 1. The molecule has 1 unspecified atom stereocenters. The maximum absolute atomic E-state index is 12.0. The molecule has 0 spiro atoms. The maximum Gasteiger partial charge on any atom is 0.408 e. The van der Waals surface area contributed by atoms with Gasteiger partial charge in [0.15, 0.2) is 5.76 Å². The van der Waals surface area contributed by atoms with Gasteiger partial charge in [0.2, 0.25) is 0 Å². The molecule has 1 heterocycles. The van der Waals surface area contributed by atoms with E-state index >= 15 is 0 Å². The number of aliphatic carboxylic acids is 1. The molecule has 0 radical (unpaired) electrons. The van der Waals surface area contributed by atoms with Crippen molar-refractivity contribution in [2.75, 3.05) is 0 Å². The molecule has 7 heteroatoms. The van der Waals surface area contributed by atoms with Crippen LogP contribution in [-0.4, -0.2) is 34.0 Å². The molecule has 0 aliphatic rings. The molecule has 29 heavy (non-hydrogen) atoms. The number of hydrogen-bond donors (Lipinski definition) is 2. The van der Waals surface area contributed by atoms with E-state index in [1.807, 2.05) is 37.3 Å². The molecule has 0 bridgehead atoms. The zero-order chi connectivity index (χ0) is 21.2. The molecule has 0 aliphatic heterocycles. The minimum absolute atomic E-state index is 0.100. The van der Waals surface area contributed by atoms with Crippen LogP contribution in [0.2, 0.25) is 0 Å². The van der Waals surface area contributed by atoms with Crippen LogP contribution < -0.4 is 5.32 Å². The van der Waals surface area contributed by atoms with Gasteiger partial charge in [0.1, 0.15) is 17.2 Å². The SMILES string of the molecule is Cc1ccc(-c2onc3ccc(CC(NC(=O)OC(C)(C)C)C(=O)O)cc23)cc1. The molecular weight excluding hydrogens is 372 g/mol. The van der Waals surface area contributed by atoms with E-state index in [0.29, 0.717) is 11.3 Å². The lowest BCUT2D eigenvalue weighted by molar-refractivity contribution is -0.139. The zero-order valence-electron chi connectivity index (χ0n) is 16.9. The summed E-state index contributed by atoms with van der Waals surface area (Å²) in [4.78, 5) is 23.6. The Labute approximate surface area is 168 Å². The third-order valence-electron chi connectivity index (χ3n) is 4.28. The van der Waals surface area contributed by atoms with Crippen molar-refractivity contribution >= 4 is 23.0 Å². The zero-order valence-corrected chi connectivity index (χ0v) is 16.9. The molecule has 0 saturated heterocycles. The van der Waals surface area contributed by atoms with Crippen molar-refractivity contribution in [2.24, 2.45) is 0 Å². The van der Waals surface area contributed by atoms with Gasteiger partial charge in [-0.15, -0.1) is 0 Å². The molecule has 0 aliphatic carbocycles. The molecule has 2 N–H and O–H groups in total. The van der Waals surface area contributed by atoms with E-state index in [9.17, 15) is 14.7 Å². The van der Waals surface area contributed by atoms with E-state index in [1.165, 1.54) is 0 Å². The van der Waals surface area contributed by atoms with Crippen molar-refractivity contribution in [3.05, 3.63) is 53.6 Å². The number of alkyl carbamates (subject to hydrolysis) is 1. The second-order valence-electron chi connectivity index (χ2n) is 7.97. The van der Waals surface area contributed by atoms with Crippen LogP contribution in [0.15, 0.2) is 47.0 Å². The molecule has 0 fully saturated rings. The molecule has 2 aromatic carbocycles. The van der Waals surface area contributed by atoms with Gasteiger partial charge in [-0.05, 0) is 45.4 Å². The number of hydrogen-bond acceptors (Lipinski definition) is 5. The summed E-state index contributed by atoms with van der Waals surface area (Å²) in [6.45, 7) is 7.16. The highest BCUT2D eigenvalue weighted by Gasteiger charge is 2.24. The summed E-state index contributed by atoms with van der Waals surface area (Å²) in [6, 6.07) is 12.1. The Bertz CT molecular complexity index is 1030. The number of aromatic nitrogens is 1. The Kier molecular flexibility index (Phi) is 5.59. The van der Waals surface area contributed by atoms with Crippen LogP contribution in [0.25, 0.3) is 22.2 Å². The van der Waals surface area contributed by atoms with Gasteiger partial charge in [-0.1, -0.05) is 41.1 Å². The Morgan fingerprint density at radius 3 is 2.48 bits per heavy atom. The first kappa shape index (κ1) is 20.4. The van der Waals surface area contributed by atoms with Crippen LogP contribution in [0.1, 0.15) is 31.9 Å². The summed E-state index contributed by atoms with van der Waals surface area (Å²) in [7, 11) is 0. The molecular formula is C22H24N2O5. The lowest BCUT2D eigenvalue weighted by atomic mass is 10.0. The quantitative estimate of drug-likeness (QED) is 0.666. The molecule has 7 nitrogen and oxygen atoms in total. The third-order valence-corrected chi connectivity index (χ3v) is 4.28. The summed E-state index contributed by atoms with van der Waals surface area (Å²) >= 11 is 0. The highest BCUT2D eigenvalue weighted by molar-refractivity contribution is 5.92. The van der Waals surface area contributed by atoms with Gasteiger partial charge >= 0.3 is 12.1 Å². The van der Waals surface area contributed by atoms with Crippen LogP contribution in [0.3, 0.4) is 0 Å². The second kappa shape index (κ2) is 7.95. The number of nitrogens with one attached hydrogen (secondary N) is 1. The second-order valence-corrected chi connectivity index (χ2v) is 7.97. The molecule has 152 valence electrons. The number of nitrogens with zero attached hydrogens (tertiary/aromatic N) is 1. The fourth-order valence-electron chi connectivity index (χ4n) is 2.91. The minimum Gasteiger partial charge on any atom is -0.480 e. The number of ether oxygens (including phenoxy) is 1. The normalized spacial score (nSPS) is 12.6. The maximum atomic E-state index is 12.0. The molecule has 1 atom stereocenters. The van der Waals surface area contributed by atoms with E-state index < -0.39 is 23.7 Å². The Balaban J connectivity index is 1.85. The molecule has 1 aromatic heterocycles. The average molecular weight is 396 g/mol. The standard InChI is InChI=1S/C22H24N2O5/c1-13-5-8-15(9-6-13)19-16-11-14(7-10-17(16)24-29-19)12-18(20(25)26)23-21(27)28-22(2,3)4/h5-11,18H,12H2,1-4H3,(H,23,27)(H,25,26). The van der Waals surface area contributed by atoms with Gasteiger partial charge in [0, 0.05) is 17.4 Å². The van der Waals surface area contributed by atoms with Crippen LogP contribution in [-0.2, 0) is 16.0 Å². The van der Waals surface area contributed by atoms with Gasteiger partial charge in [-0.3, -0.25) is 0 Å². The summed E-state index contributed by atoms with van der Waals surface area (Å²) in [5, 5.41) is 16.8. The molecule has 1 amide bonds. The number of carbonyl (C=O) groups is 2. The van der Waals surface area contributed by atoms with Crippen molar-refractivity contribution in [1.82, 2.24) is 10.5 Å². The largest absolute Gasteiger partial charge is 0.480 e. The topological polar surface area (TPSA) is 102 Å². The van der Waals surface area contributed by atoms with Crippen LogP contribution in [0, 0.1) is 6.92 Å². The van der Waals surface area contributed by atoms with Crippen LogP contribution in [0.4, 0.5) is 4.79 Å². The van der Waals surface area contributed by atoms with E-state index in [1.54, 1.807) is 32.9 Å². The van der Waals surface area contributed by atoms with Gasteiger partial charge < -0.3 is 19.7 Å². The van der Waals surface area contributed by atoms with Crippen molar-refractivity contribution in [2.45, 2.75) is 45.8 Å². The van der Waals surface area contributed by atoms with E-state index in [0.717, 1.165) is 22.1 Å². The summed E-state index contributed by atoms with van der Waals surface area (Å²) in [6.07, 6.45) is -0.667. The van der Waals surface area contributed by atoms with Crippen molar-refractivity contribution in [1.29, 1.82) is 0 Å². The number of carboxylic acid groups (broad SMARTS) is 1. The molecule has 3 rings (SSSR count). The van der Waals surface area contributed by atoms with Gasteiger partial charge in [0.25, 0.3) is 0 Å². The number of fused-ring (bicyclic) bond motifs is 1. The van der Waals surface area contributed by atoms with Gasteiger partial charge in [-0.25, -0.2) is 9.59 Å². The van der Waals surface area contributed by atoms with E-state index in [4.69, 9.17) is 9.26 Å². The van der Waals surface area contributed by atoms with E-state index in [2.05, 4.69) is 10.5 Å². The van der Waals surface area contributed by atoms with E-state index in [-0.39, 0.29) is 6.42 Å². The van der Waals surface area contributed by atoms with Crippen LogP contribution >= 0.6 is 0 Å². The lowest BCUT2D eigenvalue weighted by Gasteiger charge is -2.22. The van der Waals surface area contributed by atoms with Gasteiger partial charge in [0.05, 0.1) is 0 Å². The summed E-state index contributed by atoms with van der Waals surface area (Å²) in [5.74, 6) is -0.520. The smallest absolute Gasteiger partial charge is 0.408 e. The van der Waals surface area contributed by atoms with Gasteiger partial charge in [-0.2, -0.15) is 0 Å². The third kappa shape index (κ3) is 5.13. The Morgan fingerprint density at radius 1 is 1.17 bits per heavy atom. The predicted octanol–water partition coefficient (Wildman–Crippen LogP) is 4.32. The first-order valence-electron chi connectivity index (χ1n) is 9.30. The molecule has 3 aromatic rings. The van der Waals surface area contributed by atoms with Crippen molar-refractivity contribution < 1.29 is 24.0 Å². The fourth-order valence-corrected chi connectivity index (χ4v) is 2.91. The number of aryl methyl sites for hydroxylation is 1.